The van der Waals surface area contributed by atoms with Gasteiger partial charge in [-0.15, -0.1) is 5.10 Å². The Morgan fingerprint density at radius 2 is 1.90 bits per heavy atom. The number of nitrogens with two attached hydrogens (primary N) is 1. The molecule has 11 nitrogen and oxygen atoms in total. The van der Waals surface area contributed by atoms with Gasteiger partial charge in [-0.25, -0.2) is 0 Å². The third-order valence-corrected chi connectivity index (χ3v) is 15.4. The van der Waals surface area contributed by atoms with E-state index in [1.54, 1.807) is 4.80 Å². The third kappa shape index (κ3) is 5.68. The van der Waals surface area contributed by atoms with E-state index < -0.39 is 11.9 Å². The number of nitrogens with one attached hydrogen (secondary N) is 1. The number of nitrogen functional groups attached to an aromatic ring is 1. The average Bonchev–Trinajstić information content (AvgIpc) is 3.46. The number of ether oxygens (including phenoxy) is 2. The van der Waals surface area contributed by atoms with E-state index in [9.17, 15) is 9.90 Å². The molecule has 0 aromatic carbocycles. The van der Waals surface area contributed by atoms with Crippen molar-refractivity contribution in [3.8, 4) is 0 Å². The average molecular weight is 684 g/mol. The number of nitrogens with zero attached hydrogens (tertiary/aromatic N) is 5. The van der Waals surface area contributed by atoms with Crippen molar-refractivity contribution in [3.05, 3.63) is 11.6 Å². The topological polar surface area (TPSA) is 141 Å². The number of fused-ring (bicyclic) bond motifs is 3. The summed E-state index contributed by atoms with van der Waals surface area (Å²) >= 11 is 0. The standard InChI is InChI=1S/C38H65N7O4/c1-24(2)25(3)34(4)15-16-36(6)26-11-12-29-35(5)22-48-23-38(29,27(26)13-14-37(36,7)30(34)32(46)47)21-28(45-42-33(39)41-43-45)31(35)49-20-18-40-17-10-19-44(8)9/h13,24-26,28-31,40H,10-12,14-23H2,1-9H3,(H2,39,42)(H,46,47)/t25-,26+,28-,29+,30-,31+,34-,35+,36-,37+,38+/m1/s1. The summed E-state index contributed by atoms with van der Waals surface area (Å²) in [5.74, 6) is 0.558. The first-order chi connectivity index (χ1) is 23.0. The van der Waals surface area contributed by atoms with Crippen LogP contribution in [-0.2, 0) is 14.3 Å². The van der Waals surface area contributed by atoms with Gasteiger partial charge in [0.25, 0.3) is 5.95 Å². The summed E-state index contributed by atoms with van der Waals surface area (Å²) < 4.78 is 13.5. The molecule has 4 fully saturated rings. The van der Waals surface area contributed by atoms with E-state index in [-0.39, 0.29) is 45.2 Å². The van der Waals surface area contributed by atoms with Crippen LogP contribution in [0.15, 0.2) is 11.6 Å². The Morgan fingerprint density at radius 1 is 1.14 bits per heavy atom. The molecule has 6 rings (SSSR count). The minimum Gasteiger partial charge on any atom is -0.481 e. The number of allylic oxidation sites excluding steroid dienone is 1. The molecular weight excluding hydrogens is 618 g/mol. The van der Waals surface area contributed by atoms with E-state index in [4.69, 9.17) is 15.2 Å². The second-order valence-corrected chi connectivity index (χ2v) is 18.3. The molecule has 0 radical (unpaired) electrons. The van der Waals surface area contributed by atoms with Gasteiger partial charge < -0.3 is 30.5 Å². The van der Waals surface area contributed by atoms with Gasteiger partial charge in [-0.3, -0.25) is 4.79 Å². The van der Waals surface area contributed by atoms with Crippen LogP contribution >= 0.6 is 0 Å². The van der Waals surface area contributed by atoms with Gasteiger partial charge in [0.2, 0.25) is 0 Å². The minimum atomic E-state index is -0.625. The summed E-state index contributed by atoms with van der Waals surface area (Å²) in [6.45, 7) is 20.9. The molecule has 11 atom stereocenters. The van der Waals surface area contributed by atoms with Crippen LogP contribution in [0.1, 0.15) is 99.5 Å². The molecule has 4 N–H and O–H groups in total. The van der Waals surface area contributed by atoms with Crippen molar-refractivity contribution in [1.82, 2.24) is 30.4 Å². The lowest BCUT2D eigenvalue weighted by molar-refractivity contribution is -0.251. The Labute approximate surface area is 294 Å². The van der Waals surface area contributed by atoms with E-state index in [2.05, 4.69) is 94.3 Å². The molecule has 1 aromatic heterocycles. The molecule has 2 bridgehead atoms. The number of carboxylic acid groups (broad SMARTS) is 1. The predicted octanol–water partition coefficient (Wildman–Crippen LogP) is 5.31. The lowest BCUT2D eigenvalue weighted by Crippen LogP contribution is -2.69. The molecule has 1 aliphatic heterocycles. The van der Waals surface area contributed by atoms with Crippen LogP contribution in [0.4, 0.5) is 5.95 Å². The normalized spacial score (nSPS) is 42.3. The summed E-state index contributed by atoms with van der Waals surface area (Å²) in [7, 11) is 4.21. The fourth-order valence-corrected chi connectivity index (χ4v) is 12.4. The second kappa shape index (κ2) is 13.2. The van der Waals surface area contributed by atoms with Crippen LogP contribution in [0.5, 0.6) is 0 Å². The number of aliphatic carboxylic acids is 1. The number of carbonyl (C=O) groups is 1. The fraction of sp³-hybridized carbons (Fsp3) is 0.895. The largest absolute Gasteiger partial charge is 0.481 e. The number of anilines is 1. The SMILES string of the molecule is CC(C)[C@@H](C)[C@@]1(C)CC[C@]2(C)[C@H]3CC[C@@H]4[C@@]5(COC[C@]4(C)[C@@H](OCCNCCCN(C)C)[C@H](n4nnc(N)n4)C5)C3=CC[C@@]2(C)[C@@H]1C(=O)O. The maximum Gasteiger partial charge on any atom is 0.307 e. The molecule has 0 unspecified atom stereocenters. The van der Waals surface area contributed by atoms with Crippen molar-refractivity contribution in [3.63, 3.8) is 0 Å². The monoisotopic (exact) mass is 684 g/mol. The highest BCUT2D eigenvalue weighted by Crippen LogP contribution is 2.75. The smallest absolute Gasteiger partial charge is 0.307 e. The first kappa shape index (κ1) is 36.7. The van der Waals surface area contributed by atoms with Crippen LogP contribution < -0.4 is 11.1 Å². The fourth-order valence-electron chi connectivity index (χ4n) is 12.4. The zero-order valence-corrected chi connectivity index (χ0v) is 31.8. The highest BCUT2D eigenvalue weighted by Gasteiger charge is 2.72. The Bertz CT molecular complexity index is 1400. The maximum atomic E-state index is 13.4. The van der Waals surface area contributed by atoms with E-state index in [1.807, 2.05) is 0 Å². The molecule has 2 heterocycles. The molecule has 11 heteroatoms. The third-order valence-electron chi connectivity index (χ3n) is 15.4. The van der Waals surface area contributed by atoms with Crippen LogP contribution in [0, 0.1) is 56.7 Å². The van der Waals surface area contributed by atoms with Gasteiger partial charge in [-0.1, -0.05) is 65.2 Å². The van der Waals surface area contributed by atoms with Crippen molar-refractivity contribution in [2.45, 2.75) is 106 Å². The van der Waals surface area contributed by atoms with Crippen molar-refractivity contribution < 1.29 is 19.4 Å². The number of tetrazole rings is 1. The van der Waals surface area contributed by atoms with Crippen LogP contribution in [0.2, 0.25) is 0 Å². The second-order valence-electron chi connectivity index (χ2n) is 18.3. The molecule has 1 saturated heterocycles. The van der Waals surface area contributed by atoms with Crippen molar-refractivity contribution in [2.24, 2.45) is 56.7 Å². The summed E-state index contributed by atoms with van der Waals surface area (Å²) in [6.07, 6.45) is 9.13. The van der Waals surface area contributed by atoms with Gasteiger partial charge >= 0.3 is 5.97 Å². The van der Waals surface area contributed by atoms with Gasteiger partial charge in [0.05, 0.1) is 31.8 Å². The number of hydrogen-bond acceptors (Lipinski definition) is 9. The number of hydrogen-bond donors (Lipinski definition) is 3. The van der Waals surface area contributed by atoms with E-state index in [1.165, 1.54) is 5.57 Å². The van der Waals surface area contributed by atoms with Crippen molar-refractivity contribution in [2.75, 3.05) is 59.3 Å². The lowest BCUT2D eigenvalue weighted by Gasteiger charge is -2.71. The highest BCUT2D eigenvalue weighted by atomic mass is 16.5. The molecule has 0 amide bonds. The number of rotatable bonds is 12. The zero-order chi connectivity index (χ0) is 35.6. The van der Waals surface area contributed by atoms with Gasteiger partial charge in [0, 0.05) is 17.4 Å². The minimum absolute atomic E-state index is 0.138. The zero-order valence-electron chi connectivity index (χ0n) is 31.8. The van der Waals surface area contributed by atoms with E-state index in [0.29, 0.717) is 43.5 Å². The van der Waals surface area contributed by atoms with Crippen LogP contribution in [0.3, 0.4) is 0 Å². The predicted molar refractivity (Wildman–Crippen MR) is 191 cm³/mol. The molecular formula is C38H65N7O4. The molecule has 0 spiro atoms. The van der Waals surface area contributed by atoms with Crippen LogP contribution in [-0.4, -0.2) is 95.8 Å². The van der Waals surface area contributed by atoms with Crippen LogP contribution in [0.25, 0.3) is 0 Å². The molecule has 4 aliphatic carbocycles. The summed E-state index contributed by atoms with van der Waals surface area (Å²) in [5.41, 5.74) is 6.34. The molecule has 1 aromatic rings. The highest BCUT2D eigenvalue weighted by molar-refractivity contribution is 5.73. The Morgan fingerprint density at radius 3 is 2.55 bits per heavy atom. The molecule has 49 heavy (non-hydrogen) atoms. The number of aromatic nitrogens is 4. The van der Waals surface area contributed by atoms with Gasteiger partial charge in [0.1, 0.15) is 6.04 Å². The summed E-state index contributed by atoms with van der Waals surface area (Å²) in [5, 5.41) is 27.7. The summed E-state index contributed by atoms with van der Waals surface area (Å²) in [4.78, 5) is 17.4. The van der Waals surface area contributed by atoms with Gasteiger partial charge in [0.15, 0.2) is 0 Å². The van der Waals surface area contributed by atoms with Gasteiger partial charge in [-0.05, 0) is 117 Å². The molecule has 3 saturated carbocycles. The Balaban J connectivity index is 1.34. The Hall–Kier alpha value is -2.08. The van der Waals surface area contributed by atoms with Crippen molar-refractivity contribution in [1.29, 1.82) is 0 Å². The Kier molecular flexibility index (Phi) is 9.85. The quantitative estimate of drug-likeness (QED) is 0.196. The lowest BCUT2D eigenvalue weighted by atomic mass is 9.34. The maximum absolute atomic E-state index is 13.4. The van der Waals surface area contributed by atoms with Crippen molar-refractivity contribution >= 4 is 11.9 Å². The summed E-state index contributed by atoms with van der Waals surface area (Å²) in [6, 6.07) is -0.141. The molecule has 276 valence electrons. The molecule has 5 aliphatic rings. The first-order valence-electron chi connectivity index (χ1n) is 19.1. The van der Waals surface area contributed by atoms with E-state index >= 15 is 0 Å². The first-order valence-corrected chi connectivity index (χ1v) is 19.1. The van der Waals surface area contributed by atoms with Gasteiger partial charge in [-0.2, -0.15) is 4.80 Å². The van der Waals surface area contributed by atoms with E-state index in [0.717, 1.165) is 64.6 Å². The number of carboxylic acids is 1.